The van der Waals surface area contributed by atoms with E-state index < -0.39 is 5.95 Å². The summed E-state index contributed by atoms with van der Waals surface area (Å²) >= 11 is 0. The van der Waals surface area contributed by atoms with Crippen molar-refractivity contribution < 1.29 is 9.18 Å². The Bertz CT molecular complexity index is 347. The number of carbonyl (C=O) groups excluding carboxylic acids is 1. The monoisotopic (exact) mass is 149 g/mol. The first-order valence-corrected chi connectivity index (χ1v) is 3.16. The standard InChI is InChI=1S/C8H4FNO/c9-8-4-5-3-6(11)1-2-7(5)10-8/h1-4H. The second kappa shape index (κ2) is 1.99. The van der Waals surface area contributed by atoms with Crippen LogP contribution in [0.3, 0.4) is 0 Å². The van der Waals surface area contributed by atoms with Crippen LogP contribution in [-0.2, 0) is 4.79 Å². The number of carbonyl (C=O) groups is 1. The number of hydrogen-bond donors (Lipinski definition) is 0. The second-order valence-electron chi connectivity index (χ2n) is 2.30. The molecule has 1 aliphatic carbocycles. The van der Waals surface area contributed by atoms with E-state index in [9.17, 15) is 9.18 Å². The first kappa shape index (κ1) is 6.22. The minimum atomic E-state index is -0.536. The van der Waals surface area contributed by atoms with Crippen molar-refractivity contribution in [2.45, 2.75) is 0 Å². The summed E-state index contributed by atoms with van der Waals surface area (Å²) < 4.78 is 12.4. The van der Waals surface area contributed by atoms with Crippen LogP contribution in [0.25, 0.3) is 0 Å². The van der Waals surface area contributed by atoms with Crippen LogP contribution < -0.4 is 0 Å². The third-order valence-corrected chi connectivity index (χ3v) is 1.50. The van der Waals surface area contributed by atoms with E-state index in [2.05, 4.69) is 4.99 Å². The lowest BCUT2D eigenvalue weighted by Crippen LogP contribution is -2.02. The van der Waals surface area contributed by atoms with Gasteiger partial charge in [-0.05, 0) is 18.2 Å². The normalized spacial score (nSPS) is 20.8. The van der Waals surface area contributed by atoms with Crippen molar-refractivity contribution in [2.24, 2.45) is 4.99 Å². The summed E-state index contributed by atoms with van der Waals surface area (Å²) in [6.45, 7) is 0. The largest absolute Gasteiger partial charge is 0.290 e. The van der Waals surface area contributed by atoms with E-state index in [4.69, 9.17) is 0 Å². The Hall–Kier alpha value is -1.51. The van der Waals surface area contributed by atoms with Gasteiger partial charge in [0.05, 0.1) is 5.71 Å². The summed E-state index contributed by atoms with van der Waals surface area (Å²) in [6, 6.07) is 0. The van der Waals surface area contributed by atoms with Crippen LogP contribution in [0.2, 0.25) is 0 Å². The van der Waals surface area contributed by atoms with Gasteiger partial charge in [0.1, 0.15) is 0 Å². The van der Waals surface area contributed by atoms with Gasteiger partial charge in [-0.25, -0.2) is 4.99 Å². The minimum Gasteiger partial charge on any atom is -0.290 e. The van der Waals surface area contributed by atoms with Crippen molar-refractivity contribution in [3.8, 4) is 0 Å². The molecule has 0 aromatic carbocycles. The fraction of sp³-hybridized carbons (Fsp3) is 0. The lowest BCUT2D eigenvalue weighted by atomic mass is 10.0. The molecule has 0 N–H and O–H groups in total. The molecule has 54 valence electrons. The van der Waals surface area contributed by atoms with E-state index in [1.54, 1.807) is 0 Å². The molecule has 0 fully saturated rings. The zero-order chi connectivity index (χ0) is 7.84. The highest BCUT2D eigenvalue weighted by Gasteiger charge is 2.15. The summed E-state index contributed by atoms with van der Waals surface area (Å²) in [6.07, 6.45) is 5.50. The molecule has 0 saturated carbocycles. The second-order valence-corrected chi connectivity index (χ2v) is 2.30. The van der Waals surface area contributed by atoms with Crippen molar-refractivity contribution in [3.05, 3.63) is 35.8 Å². The van der Waals surface area contributed by atoms with E-state index in [0.717, 1.165) is 0 Å². The SMILES string of the molecule is O=C1C=CC2=NC(F)=CC2=C1. The minimum absolute atomic E-state index is 0.120. The van der Waals surface area contributed by atoms with E-state index in [1.165, 1.54) is 24.3 Å². The van der Waals surface area contributed by atoms with Gasteiger partial charge < -0.3 is 0 Å². The van der Waals surface area contributed by atoms with Crippen molar-refractivity contribution in [3.63, 3.8) is 0 Å². The number of ketones is 1. The first-order valence-electron chi connectivity index (χ1n) is 3.16. The van der Waals surface area contributed by atoms with E-state index in [-0.39, 0.29) is 5.78 Å². The number of halogens is 1. The smallest absolute Gasteiger partial charge is 0.214 e. The van der Waals surface area contributed by atoms with Crippen LogP contribution in [0, 0.1) is 0 Å². The Labute approximate surface area is 62.4 Å². The van der Waals surface area contributed by atoms with E-state index in [0.29, 0.717) is 11.3 Å². The molecule has 0 atom stereocenters. The summed E-state index contributed by atoms with van der Waals surface area (Å²) in [5.41, 5.74) is 1.09. The zero-order valence-electron chi connectivity index (χ0n) is 5.54. The molecular weight excluding hydrogens is 145 g/mol. The zero-order valence-corrected chi connectivity index (χ0v) is 5.54. The first-order chi connectivity index (χ1) is 5.25. The summed E-state index contributed by atoms with van der Waals surface area (Å²) in [4.78, 5) is 14.3. The van der Waals surface area contributed by atoms with Crippen LogP contribution in [0.1, 0.15) is 0 Å². The number of rotatable bonds is 0. The third kappa shape index (κ3) is 0.941. The van der Waals surface area contributed by atoms with Gasteiger partial charge in [-0.15, -0.1) is 0 Å². The molecule has 2 rings (SSSR count). The molecule has 1 heterocycles. The molecule has 0 bridgehead atoms. The fourth-order valence-corrected chi connectivity index (χ4v) is 1.03. The number of nitrogens with zero attached hydrogens (tertiary/aromatic N) is 1. The summed E-state index contributed by atoms with van der Waals surface area (Å²) in [7, 11) is 0. The quantitative estimate of drug-likeness (QED) is 0.377. The Morgan fingerprint density at radius 3 is 2.91 bits per heavy atom. The summed E-state index contributed by atoms with van der Waals surface area (Å²) in [5.74, 6) is -0.657. The average Bonchev–Trinajstić information content (AvgIpc) is 2.27. The lowest BCUT2D eigenvalue weighted by molar-refractivity contribution is -0.110. The van der Waals surface area contributed by atoms with Gasteiger partial charge in [0.15, 0.2) is 5.78 Å². The third-order valence-electron chi connectivity index (χ3n) is 1.50. The van der Waals surface area contributed by atoms with E-state index in [1.807, 2.05) is 0 Å². The maximum atomic E-state index is 12.4. The predicted molar refractivity (Wildman–Crippen MR) is 38.9 cm³/mol. The molecule has 0 aromatic rings. The molecule has 2 aliphatic rings. The Morgan fingerprint density at radius 2 is 2.09 bits per heavy atom. The molecule has 0 aromatic heterocycles. The molecule has 0 radical (unpaired) electrons. The number of hydrogen-bond acceptors (Lipinski definition) is 2. The van der Waals surface area contributed by atoms with Gasteiger partial charge in [0.25, 0.3) is 0 Å². The molecule has 0 saturated heterocycles. The highest BCUT2D eigenvalue weighted by Crippen LogP contribution is 2.20. The molecule has 3 heteroatoms. The van der Waals surface area contributed by atoms with Crippen LogP contribution in [0.4, 0.5) is 4.39 Å². The Kier molecular flexibility index (Phi) is 1.12. The van der Waals surface area contributed by atoms with Crippen molar-refractivity contribution >= 4 is 11.5 Å². The molecule has 0 amide bonds. The molecule has 0 unspecified atom stereocenters. The van der Waals surface area contributed by atoms with Crippen LogP contribution in [0.15, 0.2) is 40.8 Å². The maximum Gasteiger partial charge on any atom is 0.214 e. The molecule has 11 heavy (non-hydrogen) atoms. The number of aliphatic imine (C=N–C) groups is 1. The van der Waals surface area contributed by atoms with Gasteiger partial charge in [-0.2, -0.15) is 4.39 Å². The van der Waals surface area contributed by atoms with Crippen molar-refractivity contribution in [1.82, 2.24) is 0 Å². The van der Waals surface area contributed by atoms with E-state index >= 15 is 0 Å². The van der Waals surface area contributed by atoms with Gasteiger partial charge in [0.2, 0.25) is 5.95 Å². The predicted octanol–water partition coefficient (Wildman–Crippen LogP) is 1.32. The van der Waals surface area contributed by atoms with Gasteiger partial charge >= 0.3 is 0 Å². The highest BCUT2D eigenvalue weighted by atomic mass is 19.1. The molecule has 1 aliphatic heterocycles. The fourth-order valence-electron chi connectivity index (χ4n) is 1.03. The van der Waals surface area contributed by atoms with Gasteiger partial charge in [-0.3, -0.25) is 4.79 Å². The average molecular weight is 149 g/mol. The highest BCUT2D eigenvalue weighted by molar-refractivity contribution is 6.22. The Morgan fingerprint density at radius 1 is 1.27 bits per heavy atom. The van der Waals surface area contributed by atoms with Gasteiger partial charge in [0, 0.05) is 11.6 Å². The number of allylic oxidation sites excluding steroid dienone is 5. The summed E-state index contributed by atoms with van der Waals surface area (Å²) in [5, 5.41) is 0. The Balaban J connectivity index is 2.50. The van der Waals surface area contributed by atoms with Gasteiger partial charge in [-0.1, -0.05) is 0 Å². The maximum absolute atomic E-state index is 12.4. The topological polar surface area (TPSA) is 29.4 Å². The molecule has 0 spiro atoms. The van der Waals surface area contributed by atoms with Crippen LogP contribution in [0.5, 0.6) is 0 Å². The lowest BCUT2D eigenvalue weighted by Gasteiger charge is -1.98. The van der Waals surface area contributed by atoms with Crippen LogP contribution in [-0.4, -0.2) is 11.5 Å². The number of fused-ring (bicyclic) bond motifs is 1. The molecule has 2 nitrogen and oxygen atoms in total. The van der Waals surface area contributed by atoms with Crippen molar-refractivity contribution in [1.29, 1.82) is 0 Å². The van der Waals surface area contributed by atoms with Crippen LogP contribution >= 0.6 is 0 Å². The molecular formula is C8H4FNO. The van der Waals surface area contributed by atoms with Crippen molar-refractivity contribution in [2.75, 3.05) is 0 Å².